The number of rotatable bonds is 12. The van der Waals surface area contributed by atoms with Crippen molar-refractivity contribution in [2.45, 2.75) is 6.92 Å². The number of nitrogens with two attached hydrogens (primary N) is 1. The zero-order valence-electron chi connectivity index (χ0n) is 26.3. The number of benzene rings is 3. The molecule has 0 radical (unpaired) electrons. The molecule has 1 aliphatic rings. The number of anilines is 1. The van der Waals surface area contributed by atoms with Crippen LogP contribution < -0.4 is 16.4 Å². The van der Waals surface area contributed by atoms with Crippen LogP contribution in [0.1, 0.15) is 22.3 Å². The Hall–Kier alpha value is -6.00. The number of nitrogens with one attached hydrogen (secondary N) is 3. The highest BCUT2D eigenvalue weighted by Gasteiger charge is 2.10. The number of dihydropyridines is 1. The molecular weight excluding hydrogens is 560 g/mol. The van der Waals surface area contributed by atoms with E-state index in [2.05, 4.69) is 115 Å². The molecule has 4 aromatic rings. The summed E-state index contributed by atoms with van der Waals surface area (Å²) in [6, 6.07) is 29.1. The van der Waals surface area contributed by atoms with Gasteiger partial charge in [0.25, 0.3) is 0 Å². The molecule has 4 nitrogen and oxygen atoms in total. The molecule has 1 aliphatic heterocycles. The van der Waals surface area contributed by atoms with Crippen molar-refractivity contribution in [1.82, 2.24) is 10.3 Å². The maximum Gasteiger partial charge on any atom is 0.0454 e. The molecule has 0 unspecified atom stereocenters. The Balaban J connectivity index is 1.33. The highest BCUT2D eigenvalue weighted by molar-refractivity contribution is 5.79. The third kappa shape index (κ3) is 8.13. The van der Waals surface area contributed by atoms with E-state index in [1.54, 1.807) is 6.08 Å². The minimum absolute atomic E-state index is 0.664. The molecule has 5 N–H and O–H groups in total. The Kier molecular flexibility index (Phi) is 10.3. The third-order valence-corrected chi connectivity index (χ3v) is 7.79. The van der Waals surface area contributed by atoms with Gasteiger partial charge in [0, 0.05) is 41.7 Å². The fraction of sp³-hybridized carbons (Fsp3) is 0.0476. The van der Waals surface area contributed by atoms with Crippen molar-refractivity contribution in [3.8, 4) is 11.3 Å². The number of H-pyrrole nitrogens is 1. The predicted octanol–water partition coefficient (Wildman–Crippen LogP) is 9.72. The number of aromatic amines is 1. The van der Waals surface area contributed by atoms with Crippen LogP contribution in [0.3, 0.4) is 0 Å². The molecule has 0 saturated heterocycles. The van der Waals surface area contributed by atoms with Crippen LogP contribution >= 0.6 is 0 Å². The van der Waals surface area contributed by atoms with Crippen molar-refractivity contribution in [2.75, 3.05) is 11.9 Å². The van der Waals surface area contributed by atoms with Crippen LogP contribution in [0.4, 0.5) is 5.69 Å². The molecule has 0 aliphatic carbocycles. The maximum atomic E-state index is 6.13. The van der Waals surface area contributed by atoms with E-state index in [1.807, 2.05) is 67.0 Å². The number of aromatic nitrogens is 1. The topological polar surface area (TPSA) is 65.9 Å². The van der Waals surface area contributed by atoms with E-state index >= 15 is 0 Å². The highest BCUT2D eigenvalue weighted by Crippen LogP contribution is 2.26. The fourth-order valence-corrected chi connectivity index (χ4v) is 5.00. The molecule has 3 aromatic carbocycles. The van der Waals surface area contributed by atoms with Crippen molar-refractivity contribution in [1.29, 1.82) is 0 Å². The number of para-hydroxylation sites is 1. The molecule has 228 valence electrons. The van der Waals surface area contributed by atoms with Crippen LogP contribution in [0.5, 0.6) is 0 Å². The van der Waals surface area contributed by atoms with Gasteiger partial charge >= 0.3 is 0 Å². The summed E-state index contributed by atoms with van der Waals surface area (Å²) in [7, 11) is 0. The molecule has 4 heteroatoms. The van der Waals surface area contributed by atoms with Crippen molar-refractivity contribution >= 4 is 23.0 Å². The van der Waals surface area contributed by atoms with Gasteiger partial charge in [-0.15, -0.1) is 0 Å². The Morgan fingerprint density at radius 3 is 2.41 bits per heavy atom. The van der Waals surface area contributed by atoms with Crippen LogP contribution in [0.2, 0.25) is 0 Å². The number of aryl methyl sites for hydroxylation is 1. The molecule has 0 bridgehead atoms. The standard InChI is InChI=1S/C42H40N4/c1-5-11-40(43)38-23-24-42(46-29-38)36-21-19-32(4)33(26-36)20-17-30(2)31(3)18-22-37(28-45-39-14-7-6-8-15-39)34-12-9-13-35(27-34)41-16-10-25-44-41/h5-28,44-46H,1-3,29,43H2,4H3/b20-17-,22-18-,37-28?,40-11-. The molecule has 46 heavy (non-hydrogen) atoms. The zero-order valence-corrected chi connectivity index (χ0v) is 26.3. The molecule has 0 saturated carbocycles. The first-order chi connectivity index (χ1) is 22.4. The first-order valence-corrected chi connectivity index (χ1v) is 15.3. The van der Waals surface area contributed by atoms with E-state index in [0.29, 0.717) is 6.54 Å². The van der Waals surface area contributed by atoms with Gasteiger partial charge in [-0.25, -0.2) is 0 Å². The van der Waals surface area contributed by atoms with Crippen LogP contribution in [-0.4, -0.2) is 11.5 Å². The second-order valence-electron chi connectivity index (χ2n) is 11.0. The Labute approximate surface area is 272 Å². The van der Waals surface area contributed by atoms with E-state index in [-0.39, 0.29) is 0 Å². The highest BCUT2D eigenvalue weighted by atomic mass is 14.9. The summed E-state index contributed by atoms with van der Waals surface area (Å²) in [5, 5.41) is 6.92. The first-order valence-electron chi connectivity index (χ1n) is 15.3. The smallest absolute Gasteiger partial charge is 0.0454 e. The first kappa shape index (κ1) is 31.4. The summed E-state index contributed by atoms with van der Waals surface area (Å²) in [4.78, 5) is 3.30. The fourth-order valence-electron chi connectivity index (χ4n) is 5.00. The van der Waals surface area contributed by atoms with Gasteiger partial charge in [0.05, 0.1) is 0 Å². The van der Waals surface area contributed by atoms with Crippen LogP contribution in [0.25, 0.3) is 28.6 Å². The quantitative estimate of drug-likeness (QED) is 0.122. The molecule has 1 aromatic heterocycles. The van der Waals surface area contributed by atoms with Crippen LogP contribution in [0.15, 0.2) is 182 Å². The third-order valence-electron chi connectivity index (χ3n) is 7.79. The normalized spacial score (nSPS) is 13.7. The number of allylic oxidation sites excluding steroid dienone is 10. The molecule has 0 fully saturated rings. The monoisotopic (exact) mass is 600 g/mol. The van der Waals surface area contributed by atoms with Gasteiger partial charge in [-0.1, -0.05) is 105 Å². The van der Waals surface area contributed by atoms with E-state index in [9.17, 15) is 0 Å². The summed E-state index contributed by atoms with van der Waals surface area (Å²) in [6.45, 7) is 15.1. The average molecular weight is 601 g/mol. The molecular formula is C42H40N4. The van der Waals surface area contributed by atoms with Crippen molar-refractivity contribution in [3.63, 3.8) is 0 Å². The predicted molar refractivity (Wildman–Crippen MR) is 198 cm³/mol. The lowest BCUT2D eigenvalue weighted by molar-refractivity contribution is 0.942. The average Bonchev–Trinajstić information content (AvgIpc) is 3.64. The second-order valence-corrected chi connectivity index (χ2v) is 11.0. The molecule has 0 spiro atoms. The number of hydrogen-bond donors (Lipinski definition) is 4. The molecule has 0 amide bonds. The minimum Gasteiger partial charge on any atom is -0.398 e. The second kappa shape index (κ2) is 15.1. The molecule has 5 rings (SSSR count). The number of hydrogen-bond acceptors (Lipinski definition) is 3. The largest absolute Gasteiger partial charge is 0.398 e. The molecule has 2 heterocycles. The van der Waals surface area contributed by atoms with E-state index in [4.69, 9.17) is 5.73 Å². The van der Waals surface area contributed by atoms with Gasteiger partial charge in [-0.05, 0) is 106 Å². The van der Waals surface area contributed by atoms with Gasteiger partial charge in [-0.3, -0.25) is 0 Å². The van der Waals surface area contributed by atoms with Gasteiger partial charge in [0.1, 0.15) is 0 Å². The zero-order chi connectivity index (χ0) is 32.3. The van der Waals surface area contributed by atoms with E-state index < -0.39 is 0 Å². The van der Waals surface area contributed by atoms with Gasteiger partial charge in [-0.2, -0.15) is 0 Å². The Bertz CT molecular complexity index is 1910. The van der Waals surface area contributed by atoms with Crippen molar-refractivity contribution in [2.24, 2.45) is 5.73 Å². The lowest BCUT2D eigenvalue weighted by Crippen LogP contribution is -2.21. The SMILES string of the molecule is C=C/C=C(\N)C1=CC=C(c2ccc(C)c(/C=C\C(=C)C(=C)/C=C\C(=CNc3ccccc3)c3cccc(-c4ccc[nH]4)c3)c2)NC1. The summed E-state index contributed by atoms with van der Waals surface area (Å²) < 4.78 is 0. The van der Waals surface area contributed by atoms with Crippen LogP contribution in [0, 0.1) is 6.92 Å². The molecule has 0 atom stereocenters. The van der Waals surface area contributed by atoms with Gasteiger partial charge in [0.15, 0.2) is 0 Å². The van der Waals surface area contributed by atoms with Gasteiger partial charge < -0.3 is 21.4 Å². The van der Waals surface area contributed by atoms with Gasteiger partial charge in [0.2, 0.25) is 0 Å². The lowest BCUT2D eigenvalue weighted by Gasteiger charge is -2.18. The minimum atomic E-state index is 0.664. The summed E-state index contributed by atoms with van der Waals surface area (Å²) in [5.41, 5.74) is 19.3. The van der Waals surface area contributed by atoms with Crippen molar-refractivity contribution < 1.29 is 0 Å². The summed E-state index contributed by atoms with van der Waals surface area (Å²) in [5.74, 6) is 0. The maximum absolute atomic E-state index is 6.13. The van der Waals surface area contributed by atoms with Crippen LogP contribution in [-0.2, 0) is 0 Å². The summed E-state index contributed by atoms with van der Waals surface area (Å²) in [6.07, 6.45) is 19.8. The lowest BCUT2D eigenvalue weighted by atomic mass is 9.98. The van der Waals surface area contributed by atoms with Crippen molar-refractivity contribution in [3.05, 3.63) is 204 Å². The van der Waals surface area contributed by atoms with E-state index in [1.165, 1.54) is 5.56 Å². The Morgan fingerprint density at radius 1 is 0.848 bits per heavy atom. The van der Waals surface area contributed by atoms with E-state index in [0.717, 1.165) is 67.3 Å². The Morgan fingerprint density at radius 2 is 1.67 bits per heavy atom. The summed E-state index contributed by atoms with van der Waals surface area (Å²) >= 11 is 0.